The maximum Gasteiger partial charge on any atom is 0.242 e. The lowest BCUT2D eigenvalue weighted by Crippen LogP contribution is -2.52. The fraction of sp³-hybridized carbons (Fsp3) is 0.353. The average molecular weight is 285 g/mol. The lowest BCUT2D eigenvalue weighted by molar-refractivity contribution is -0.124. The van der Waals surface area contributed by atoms with E-state index in [2.05, 4.69) is 10.2 Å². The van der Waals surface area contributed by atoms with Crippen LogP contribution in [0.3, 0.4) is 0 Å². The fourth-order valence-electron chi connectivity index (χ4n) is 2.51. The molecule has 3 N–H and O–H groups in total. The predicted octanol–water partition coefficient (Wildman–Crippen LogP) is 1.69. The SMILES string of the molecule is CN(C)CCNC(C)(C(N)=O)c1cccc2ccccc12. The van der Waals surface area contributed by atoms with Crippen molar-refractivity contribution >= 4 is 16.7 Å². The van der Waals surface area contributed by atoms with Gasteiger partial charge in [0.25, 0.3) is 0 Å². The minimum Gasteiger partial charge on any atom is -0.368 e. The number of hydrogen-bond donors (Lipinski definition) is 2. The normalized spacial score (nSPS) is 14.3. The molecule has 0 heterocycles. The average Bonchev–Trinajstić information content (AvgIpc) is 2.45. The number of rotatable bonds is 6. The highest BCUT2D eigenvalue weighted by atomic mass is 16.1. The molecular formula is C17H23N3O. The molecule has 0 aliphatic carbocycles. The van der Waals surface area contributed by atoms with Crippen LogP contribution in [0.2, 0.25) is 0 Å². The summed E-state index contributed by atoms with van der Waals surface area (Å²) in [6.07, 6.45) is 0. The van der Waals surface area contributed by atoms with Crippen LogP contribution in [0.5, 0.6) is 0 Å². The summed E-state index contributed by atoms with van der Waals surface area (Å²) in [7, 11) is 4.00. The van der Waals surface area contributed by atoms with Gasteiger partial charge in [-0.05, 0) is 37.4 Å². The van der Waals surface area contributed by atoms with Crippen molar-refractivity contribution < 1.29 is 4.79 Å². The molecule has 112 valence electrons. The zero-order valence-electron chi connectivity index (χ0n) is 12.9. The van der Waals surface area contributed by atoms with E-state index in [0.717, 1.165) is 22.9 Å². The van der Waals surface area contributed by atoms with Crippen molar-refractivity contribution in [2.75, 3.05) is 27.2 Å². The summed E-state index contributed by atoms with van der Waals surface area (Å²) in [5.41, 5.74) is 5.74. The molecule has 0 spiro atoms. The summed E-state index contributed by atoms with van der Waals surface area (Å²) >= 11 is 0. The van der Waals surface area contributed by atoms with E-state index in [0.29, 0.717) is 6.54 Å². The van der Waals surface area contributed by atoms with Crippen LogP contribution in [0.25, 0.3) is 10.8 Å². The van der Waals surface area contributed by atoms with Crippen molar-refractivity contribution in [2.45, 2.75) is 12.5 Å². The van der Waals surface area contributed by atoms with Gasteiger partial charge in [0, 0.05) is 13.1 Å². The van der Waals surface area contributed by atoms with E-state index in [4.69, 9.17) is 5.73 Å². The Morgan fingerprint density at radius 2 is 1.86 bits per heavy atom. The summed E-state index contributed by atoms with van der Waals surface area (Å²) in [6.45, 7) is 3.38. The molecule has 2 aromatic carbocycles. The van der Waals surface area contributed by atoms with E-state index >= 15 is 0 Å². The van der Waals surface area contributed by atoms with Crippen LogP contribution in [0.1, 0.15) is 12.5 Å². The van der Waals surface area contributed by atoms with E-state index in [-0.39, 0.29) is 5.91 Å². The van der Waals surface area contributed by atoms with Gasteiger partial charge < -0.3 is 10.6 Å². The quantitative estimate of drug-likeness (QED) is 0.849. The molecule has 0 fully saturated rings. The van der Waals surface area contributed by atoms with Crippen LogP contribution >= 0.6 is 0 Å². The first-order chi connectivity index (χ1) is 9.95. The highest BCUT2D eigenvalue weighted by molar-refractivity contribution is 5.94. The number of primary amides is 1. The molecule has 21 heavy (non-hydrogen) atoms. The Kier molecular flexibility index (Phi) is 4.60. The van der Waals surface area contributed by atoms with E-state index < -0.39 is 5.54 Å². The van der Waals surface area contributed by atoms with Crippen LogP contribution in [0, 0.1) is 0 Å². The van der Waals surface area contributed by atoms with Crippen molar-refractivity contribution in [1.29, 1.82) is 0 Å². The van der Waals surface area contributed by atoms with Gasteiger partial charge in [0.1, 0.15) is 5.54 Å². The maximum absolute atomic E-state index is 12.1. The molecule has 1 amide bonds. The van der Waals surface area contributed by atoms with Crippen molar-refractivity contribution in [2.24, 2.45) is 5.73 Å². The minimum absolute atomic E-state index is 0.363. The number of nitrogens with zero attached hydrogens (tertiary/aromatic N) is 1. The van der Waals surface area contributed by atoms with Gasteiger partial charge in [-0.15, -0.1) is 0 Å². The molecule has 0 aromatic heterocycles. The zero-order chi connectivity index (χ0) is 15.5. The Morgan fingerprint density at radius 1 is 1.19 bits per heavy atom. The Bertz CT molecular complexity index is 633. The van der Waals surface area contributed by atoms with Crippen LogP contribution in [-0.2, 0) is 10.3 Å². The summed E-state index contributed by atoms with van der Waals surface area (Å²) < 4.78 is 0. The zero-order valence-corrected chi connectivity index (χ0v) is 12.9. The van der Waals surface area contributed by atoms with Crippen LogP contribution in [0.15, 0.2) is 42.5 Å². The third-order valence-corrected chi connectivity index (χ3v) is 3.86. The largest absolute Gasteiger partial charge is 0.368 e. The fourth-order valence-corrected chi connectivity index (χ4v) is 2.51. The molecule has 1 unspecified atom stereocenters. The first-order valence-electron chi connectivity index (χ1n) is 7.13. The highest BCUT2D eigenvalue weighted by Gasteiger charge is 2.33. The molecule has 4 heteroatoms. The van der Waals surface area contributed by atoms with Crippen LogP contribution < -0.4 is 11.1 Å². The number of nitrogens with two attached hydrogens (primary N) is 1. The number of carbonyl (C=O) groups excluding carboxylic acids is 1. The Hall–Kier alpha value is -1.91. The molecule has 2 aromatic rings. The first kappa shape index (κ1) is 15.5. The molecule has 0 bridgehead atoms. The van der Waals surface area contributed by atoms with Gasteiger partial charge in [-0.2, -0.15) is 0 Å². The third kappa shape index (κ3) is 3.23. The number of carbonyl (C=O) groups is 1. The van der Waals surface area contributed by atoms with Crippen molar-refractivity contribution in [1.82, 2.24) is 10.2 Å². The molecule has 4 nitrogen and oxygen atoms in total. The van der Waals surface area contributed by atoms with Gasteiger partial charge in [0.2, 0.25) is 5.91 Å². The van der Waals surface area contributed by atoms with Gasteiger partial charge >= 0.3 is 0 Å². The lowest BCUT2D eigenvalue weighted by atomic mass is 9.87. The number of fused-ring (bicyclic) bond motifs is 1. The van der Waals surface area contributed by atoms with Gasteiger partial charge in [-0.1, -0.05) is 42.5 Å². The van der Waals surface area contributed by atoms with Gasteiger partial charge in [-0.3, -0.25) is 10.1 Å². The summed E-state index contributed by atoms with van der Waals surface area (Å²) in [5, 5.41) is 5.48. The standard InChI is InChI=1S/C17H23N3O/c1-17(16(18)21,19-11-12-20(2)3)15-10-6-8-13-7-4-5-9-14(13)15/h4-10,19H,11-12H2,1-3H3,(H2,18,21). The van der Waals surface area contributed by atoms with Crippen LogP contribution in [0.4, 0.5) is 0 Å². The summed E-state index contributed by atoms with van der Waals surface area (Å²) in [5.74, 6) is -0.363. The number of benzene rings is 2. The Balaban J connectivity index is 2.42. The van der Waals surface area contributed by atoms with Gasteiger partial charge in [0.05, 0.1) is 0 Å². The second kappa shape index (κ2) is 6.24. The Morgan fingerprint density at radius 3 is 2.52 bits per heavy atom. The number of amides is 1. The summed E-state index contributed by atoms with van der Waals surface area (Å²) in [4.78, 5) is 14.2. The molecule has 0 radical (unpaired) electrons. The number of nitrogens with one attached hydrogen (secondary N) is 1. The molecular weight excluding hydrogens is 262 g/mol. The highest BCUT2D eigenvalue weighted by Crippen LogP contribution is 2.28. The first-order valence-corrected chi connectivity index (χ1v) is 7.13. The maximum atomic E-state index is 12.1. The summed E-state index contributed by atoms with van der Waals surface area (Å²) in [6, 6.07) is 14.0. The molecule has 0 aliphatic heterocycles. The topological polar surface area (TPSA) is 58.4 Å². The molecule has 0 saturated carbocycles. The number of hydrogen-bond acceptors (Lipinski definition) is 3. The second-order valence-electron chi connectivity index (χ2n) is 5.75. The second-order valence-corrected chi connectivity index (χ2v) is 5.75. The van der Waals surface area contributed by atoms with E-state index in [9.17, 15) is 4.79 Å². The lowest BCUT2D eigenvalue weighted by Gasteiger charge is -2.30. The van der Waals surface area contributed by atoms with Crippen molar-refractivity contribution in [3.63, 3.8) is 0 Å². The van der Waals surface area contributed by atoms with E-state index in [1.54, 1.807) is 0 Å². The molecule has 2 rings (SSSR count). The predicted molar refractivity (Wildman–Crippen MR) is 87.1 cm³/mol. The van der Waals surface area contributed by atoms with Crippen molar-refractivity contribution in [3.05, 3.63) is 48.0 Å². The van der Waals surface area contributed by atoms with Gasteiger partial charge in [-0.25, -0.2) is 0 Å². The van der Waals surface area contributed by atoms with Gasteiger partial charge in [0.15, 0.2) is 0 Å². The van der Waals surface area contributed by atoms with E-state index in [1.165, 1.54) is 0 Å². The monoisotopic (exact) mass is 285 g/mol. The van der Waals surface area contributed by atoms with Crippen LogP contribution in [-0.4, -0.2) is 38.0 Å². The van der Waals surface area contributed by atoms with Crippen molar-refractivity contribution in [3.8, 4) is 0 Å². The Labute approximate surface area is 125 Å². The smallest absolute Gasteiger partial charge is 0.242 e. The number of likely N-dealkylation sites (N-methyl/N-ethyl adjacent to an activating group) is 1. The molecule has 0 aliphatic rings. The molecule has 0 saturated heterocycles. The minimum atomic E-state index is -0.878. The third-order valence-electron chi connectivity index (χ3n) is 3.86. The molecule has 1 atom stereocenters. The van der Waals surface area contributed by atoms with E-state index in [1.807, 2.05) is 63.5 Å².